The van der Waals surface area contributed by atoms with Gasteiger partial charge in [0, 0.05) is 0 Å². The second-order valence-corrected chi connectivity index (χ2v) is 7.86. The van der Waals surface area contributed by atoms with E-state index in [0.717, 1.165) is 44.9 Å². The van der Waals surface area contributed by atoms with Gasteiger partial charge in [0.25, 0.3) is 0 Å². The van der Waals surface area contributed by atoms with Crippen LogP contribution in [0.5, 0.6) is 0 Å². The Balaban J connectivity index is 2.15. The number of hydrogen-bond donors (Lipinski definition) is 0. The molecule has 2 aliphatic rings. The Labute approximate surface area is 104 Å². The van der Waals surface area contributed by atoms with Crippen molar-refractivity contribution in [2.45, 2.75) is 68.3 Å². The van der Waals surface area contributed by atoms with Gasteiger partial charge in [0.05, 0.1) is 22.5 Å². The SMILES string of the molecule is N#CC1CCCCC1S(=O)(=O)C1CCCCC1. The largest absolute Gasteiger partial charge is 0.228 e. The smallest absolute Gasteiger partial charge is 0.157 e. The van der Waals surface area contributed by atoms with E-state index in [1.54, 1.807) is 0 Å². The van der Waals surface area contributed by atoms with Gasteiger partial charge in [0.15, 0.2) is 9.84 Å². The van der Waals surface area contributed by atoms with Gasteiger partial charge in [-0.25, -0.2) is 8.42 Å². The number of nitrogens with zero attached hydrogens (tertiary/aromatic N) is 1. The summed E-state index contributed by atoms with van der Waals surface area (Å²) in [5, 5.41) is 8.58. The molecule has 0 heterocycles. The first-order valence-corrected chi connectivity index (χ1v) is 8.39. The summed E-state index contributed by atoms with van der Waals surface area (Å²) in [6.07, 6.45) is 8.32. The van der Waals surface area contributed by atoms with E-state index in [1.807, 2.05) is 0 Å². The van der Waals surface area contributed by atoms with Crippen molar-refractivity contribution in [2.75, 3.05) is 0 Å². The van der Waals surface area contributed by atoms with Crippen LogP contribution in [-0.4, -0.2) is 18.9 Å². The number of sulfone groups is 1. The molecular weight excluding hydrogens is 234 g/mol. The summed E-state index contributed by atoms with van der Waals surface area (Å²) in [6, 6.07) is 2.22. The van der Waals surface area contributed by atoms with Gasteiger partial charge in [-0.2, -0.15) is 5.26 Å². The Morgan fingerprint density at radius 2 is 1.47 bits per heavy atom. The maximum absolute atomic E-state index is 12.6. The van der Waals surface area contributed by atoms with Gasteiger partial charge in [0.1, 0.15) is 0 Å². The fourth-order valence-corrected chi connectivity index (χ4v) is 5.91. The van der Waals surface area contributed by atoms with Crippen molar-refractivity contribution in [1.29, 1.82) is 5.26 Å². The van der Waals surface area contributed by atoms with E-state index < -0.39 is 9.84 Å². The van der Waals surface area contributed by atoms with Crippen molar-refractivity contribution < 1.29 is 8.42 Å². The molecule has 17 heavy (non-hydrogen) atoms. The van der Waals surface area contributed by atoms with E-state index in [2.05, 4.69) is 6.07 Å². The van der Waals surface area contributed by atoms with Crippen LogP contribution in [0.25, 0.3) is 0 Å². The summed E-state index contributed by atoms with van der Waals surface area (Å²) < 4.78 is 25.1. The first-order valence-electron chi connectivity index (χ1n) is 6.78. The molecule has 3 nitrogen and oxygen atoms in total. The summed E-state index contributed by atoms with van der Waals surface area (Å²) in [5.74, 6) is -0.254. The van der Waals surface area contributed by atoms with E-state index in [-0.39, 0.29) is 16.4 Å². The highest BCUT2D eigenvalue weighted by Gasteiger charge is 2.40. The van der Waals surface area contributed by atoms with Crippen molar-refractivity contribution in [2.24, 2.45) is 5.92 Å². The molecule has 0 aromatic heterocycles. The van der Waals surface area contributed by atoms with Gasteiger partial charge in [0.2, 0.25) is 0 Å². The third-order valence-corrected chi connectivity index (χ3v) is 7.12. The van der Waals surface area contributed by atoms with Crippen molar-refractivity contribution in [3.8, 4) is 6.07 Å². The number of rotatable bonds is 2. The first-order chi connectivity index (χ1) is 8.16. The van der Waals surface area contributed by atoms with Gasteiger partial charge in [-0.3, -0.25) is 0 Å². The minimum atomic E-state index is -3.07. The molecule has 0 amide bonds. The summed E-state index contributed by atoms with van der Waals surface area (Å²) >= 11 is 0. The predicted molar refractivity (Wildman–Crippen MR) is 67.2 cm³/mol. The molecule has 2 fully saturated rings. The monoisotopic (exact) mass is 255 g/mol. The van der Waals surface area contributed by atoms with Crippen molar-refractivity contribution in [1.82, 2.24) is 0 Å². The highest BCUT2D eigenvalue weighted by molar-refractivity contribution is 7.92. The van der Waals surface area contributed by atoms with Gasteiger partial charge < -0.3 is 0 Å². The normalized spacial score (nSPS) is 31.9. The Morgan fingerprint density at radius 3 is 2.12 bits per heavy atom. The Hall–Kier alpha value is -0.560. The zero-order chi connectivity index (χ0) is 12.3. The molecule has 0 saturated heterocycles. The molecule has 96 valence electrons. The minimum Gasteiger partial charge on any atom is -0.228 e. The lowest BCUT2D eigenvalue weighted by Gasteiger charge is -2.31. The van der Waals surface area contributed by atoms with Crippen molar-refractivity contribution in [3.63, 3.8) is 0 Å². The highest BCUT2D eigenvalue weighted by atomic mass is 32.2. The maximum atomic E-state index is 12.6. The second kappa shape index (κ2) is 5.39. The molecule has 0 aliphatic heterocycles. The molecule has 2 atom stereocenters. The molecule has 0 aromatic carbocycles. The standard InChI is InChI=1S/C13H21NO2S/c14-10-11-6-4-5-9-13(11)17(15,16)12-7-2-1-3-8-12/h11-13H,1-9H2. The molecule has 0 bridgehead atoms. The average molecular weight is 255 g/mol. The van der Waals surface area contributed by atoms with Crippen LogP contribution in [0.2, 0.25) is 0 Å². The van der Waals surface area contributed by atoms with Crippen LogP contribution in [0.3, 0.4) is 0 Å². The summed E-state index contributed by atoms with van der Waals surface area (Å²) in [4.78, 5) is 0. The van der Waals surface area contributed by atoms with Crippen LogP contribution >= 0.6 is 0 Å². The van der Waals surface area contributed by atoms with E-state index in [0.29, 0.717) is 6.42 Å². The second-order valence-electron chi connectivity index (χ2n) is 5.41. The Morgan fingerprint density at radius 1 is 0.882 bits per heavy atom. The molecule has 2 aliphatic carbocycles. The van der Waals surface area contributed by atoms with Crippen LogP contribution < -0.4 is 0 Å². The zero-order valence-electron chi connectivity index (χ0n) is 10.3. The lowest BCUT2D eigenvalue weighted by atomic mass is 9.90. The van der Waals surface area contributed by atoms with Gasteiger partial charge in [-0.1, -0.05) is 32.1 Å². The summed E-state index contributed by atoms with van der Waals surface area (Å²) in [5.41, 5.74) is 0. The molecule has 0 N–H and O–H groups in total. The lowest BCUT2D eigenvalue weighted by Crippen LogP contribution is -2.39. The summed E-state index contributed by atoms with van der Waals surface area (Å²) in [6.45, 7) is 0. The number of nitriles is 1. The molecule has 0 aromatic rings. The lowest BCUT2D eigenvalue weighted by molar-refractivity contribution is 0.405. The molecule has 2 saturated carbocycles. The Bertz CT molecular complexity index is 390. The predicted octanol–water partition coefficient (Wildman–Crippen LogP) is 2.82. The first kappa shape index (κ1) is 12.9. The van der Waals surface area contributed by atoms with E-state index in [1.165, 1.54) is 6.42 Å². The van der Waals surface area contributed by atoms with E-state index in [9.17, 15) is 8.42 Å². The van der Waals surface area contributed by atoms with Crippen LogP contribution in [-0.2, 0) is 9.84 Å². The van der Waals surface area contributed by atoms with Crippen LogP contribution in [0.15, 0.2) is 0 Å². The van der Waals surface area contributed by atoms with E-state index >= 15 is 0 Å². The zero-order valence-corrected chi connectivity index (χ0v) is 11.1. The maximum Gasteiger partial charge on any atom is 0.157 e. The van der Waals surface area contributed by atoms with E-state index in [4.69, 9.17) is 5.26 Å². The average Bonchev–Trinajstić information content (AvgIpc) is 2.39. The van der Waals surface area contributed by atoms with Gasteiger partial charge >= 0.3 is 0 Å². The van der Waals surface area contributed by atoms with Crippen molar-refractivity contribution in [3.05, 3.63) is 0 Å². The molecule has 2 unspecified atom stereocenters. The molecular formula is C13H21NO2S. The molecule has 0 radical (unpaired) electrons. The summed E-state index contributed by atoms with van der Waals surface area (Å²) in [7, 11) is -3.07. The topological polar surface area (TPSA) is 57.9 Å². The highest BCUT2D eigenvalue weighted by Crippen LogP contribution is 2.35. The molecule has 0 spiro atoms. The Kier molecular flexibility index (Phi) is 4.09. The number of hydrogen-bond acceptors (Lipinski definition) is 3. The van der Waals surface area contributed by atoms with Gasteiger partial charge in [-0.15, -0.1) is 0 Å². The minimum absolute atomic E-state index is 0.157. The molecule has 4 heteroatoms. The third kappa shape index (κ3) is 2.65. The fourth-order valence-electron chi connectivity index (χ4n) is 3.28. The van der Waals surface area contributed by atoms with Crippen LogP contribution in [0, 0.1) is 17.2 Å². The van der Waals surface area contributed by atoms with Gasteiger partial charge in [-0.05, 0) is 25.7 Å². The fraction of sp³-hybridized carbons (Fsp3) is 0.923. The third-order valence-electron chi connectivity index (χ3n) is 4.31. The van der Waals surface area contributed by atoms with Crippen LogP contribution in [0.4, 0.5) is 0 Å². The quantitative estimate of drug-likeness (QED) is 0.762. The molecule has 2 rings (SSSR count). The van der Waals surface area contributed by atoms with Crippen LogP contribution in [0.1, 0.15) is 57.8 Å². The van der Waals surface area contributed by atoms with Crippen molar-refractivity contribution >= 4 is 9.84 Å².